The van der Waals surface area contributed by atoms with Crippen LogP contribution in [0.3, 0.4) is 0 Å². The summed E-state index contributed by atoms with van der Waals surface area (Å²) in [5.74, 6) is 0.828. The molecule has 0 bridgehead atoms. The smallest absolute Gasteiger partial charge is 0.258 e. The van der Waals surface area contributed by atoms with Crippen LogP contribution in [0.2, 0.25) is 0 Å². The van der Waals surface area contributed by atoms with E-state index < -0.39 is 7.26 Å². The predicted molar refractivity (Wildman–Crippen MR) is 161 cm³/mol. The summed E-state index contributed by atoms with van der Waals surface area (Å²) in [4.78, 5) is 13.4. The van der Waals surface area contributed by atoms with E-state index in [9.17, 15) is 4.79 Å². The lowest BCUT2D eigenvalue weighted by atomic mass is 10.2. The zero-order valence-electron chi connectivity index (χ0n) is 19.0. The van der Waals surface area contributed by atoms with Crippen molar-refractivity contribution in [3.05, 3.63) is 138 Å². The van der Waals surface area contributed by atoms with E-state index in [-0.39, 0.29) is 29.9 Å². The lowest BCUT2D eigenvalue weighted by Gasteiger charge is -2.29. The lowest BCUT2D eigenvalue weighted by molar-refractivity contribution is 0.0968. The summed E-state index contributed by atoms with van der Waals surface area (Å²) < 4.78 is 0. The standard InChI is InChI=1S/C29H26NOPS.HI/c1-2-33-23-28(30-29(31)24-15-7-3-8-16-24)32(25-17-9-4-10-18-25,26-19-11-5-12-20-26)27-21-13-6-14-22-27;/h3-23H,2H2,1H3;1H/p+1/b28-23+;. The summed E-state index contributed by atoms with van der Waals surface area (Å²) in [5.41, 5.74) is 1.60. The molecular formula is C29H28INOPS+. The number of hydrogen-bond acceptors (Lipinski definition) is 2. The Balaban J connectivity index is 0.00000324. The van der Waals surface area contributed by atoms with Crippen molar-refractivity contribution in [3.63, 3.8) is 0 Å². The molecule has 0 radical (unpaired) electrons. The molecule has 0 heterocycles. The zero-order valence-corrected chi connectivity index (χ0v) is 23.0. The first-order valence-electron chi connectivity index (χ1n) is 11.0. The van der Waals surface area contributed by atoms with Gasteiger partial charge in [0.1, 0.15) is 15.9 Å². The van der Waals surface area contributed by atoms with Gasteiger partial charge in [0.2, 0.25) is 0 Å². The second-order valence-corrected chi connectivity index (χ2v) is 12.0. The van der Waals surface area contributed by atoms with Gasteiger partial charge >= 0.3 is 0 Å². The highest BCUT2D eigenvalue weighted by molar-refractivity contribution is 14.0. The van der Waals surface area contributed by atoms with Crippen LogP contribution < -0.4 is 21.2 Å². The molecule has 0 aliphatic rings. The third kappa shape index (κ3) is 5.63. The Morgan fingerprint density at radius 1 is 0.706 bits per heavy atom. The van der Waals surface area contributed by atoms with E-state index in [1.54, 1.807) is 11.8 Å². The van der Waals surface area contributed by atoms with Gasteiger partial charge in [-0.05, 0) is 54.3 Å². The number of amides is 1. The van der Waals surface area contributed by atoms with Crippen LogP contribution in [0.5, 0.6) is 0 Å². The van der Waals surface area contributed by atoms with Crippen molar-refractivity contribution < 1.29 is 4.79 Å². The Morgan fingerprint density at radius 2 is 1.09 bits per heavy atom. The molecule has 0 aromatic heterocycles. The minimum atomic E-state index is -2.36. The van der Waals surface area contributed by atoms with Gasteiger partial charge in [-0.25, -0.2) is 0 Å². The molecule has 0 saturated heterocycles. The number of hydrogen-bond donors (Lipinski definition) is 1. The molecule has 0 aliphatic carbocycles. The fourth-order valence-corrected chi connectivity index (χ4v) is 9.05. The summed E-state index contributed by atoms with van der Waals surface area (Å²) in [5, 5.41) is 9.13. The van der Waals surface area contributed by atoms with Crippen LogP contribution in [-0.4, -0.2) is 11.7 Å². The molecule has 0 fully saturated rings. The van der Waals surface area contributed by atoms with Gasteiger partial charge in [0.15, 0.2) is 12.7 Å². The first-order chi connectivity index (χ1) is 16.3. The van der Waals surface area contributed by atoms with E-state index in [0.29, 0.717) is 5.56 Å². The maximum absolute atomic E-state index is 13.4. The van der Waals surface area contributed by atoms with Gasteiger partial charge in [-0.15, -0.1) is 35.7 Å². The molecule has 4 aromatic rings. The van der Waals surface area contributed by atoms with E-state index in [2.05, 4.69) is 90.4 Å². The molecule has 0 saturated carbocycles. The average Bonchev–Trinajstić information content (AvgIpc) is 2.90. The van der Waals surface area contributed by atoms with Crippen LogP contribution in [0.25, 0.3) is 0 Å². The number of nitrogens with one attached hydrogen (secondary N) is 1. The quantitative estimate of drug-likeness (QED) is 0.184. The molecule has 0 atom stereocenters. The van der Waals surface area contributed by atoms with Gasteiger partial charge in [-0.3, -0.25) is 10.1 Å². The second kappa shape index (κ2) is 12.9. The Hall–Kier alpha value is -2.40. The van der Waals surface area contributed by atoms with E-state index in [4.69, 9.17) is 0 Å². The van der Waals surface area contributed by atoms with Crippen LogP contribution in [0.4, 0.5) is 0 Å². The Kier molecular flexibility index (Phi) is 9.94. The van der Waals surface area contributed by atoms with E-state index in [1.807, 2.05) is 48.5 Å². The van der Waals surface area contributed by atoms with Crippen LogP contribution >= 0.6 is 43.0 Å². The van der Waals surface area contributed by atoms with Gasteiger partial charge < -0.3 is 0 Å². The third-order valence-corrected chi connectivity index (χ3v) is 10.5. The fourth-order valence-electron chi connectivity index (χ4n) is 3.95. The molecule has 0 aliphatic heterocycles. The maximum atomic E-state index is 13.4. The average molecular weight is 596 g/mol. The van der Waals surface area contributed by atoms with Crippen molar-refractivity contribution in [2.75, 3.05) is 5.75 Å². The minimum Gasteiger partial charge on any atom is -0.292 e. The van der Waals surface area contributed by atoms with Crippen molar-refractivity contribution >= 4 is 64.8 Å². The van der Waals surface area contributed by atoms with E-state index in [0.717, 1.165) is 11.2 Å². The van der Waals surface area contributed by atoms with E-state index in [1.165, 1.54) is 15.9 Å². The number of thioether (sulfide) groups is 1. The molecule has 2 nitrogen and oxygen atoms in total. The summed E-state index contributed by atoms with van der Waals surface area (Å²) in [6, 6.07) is 41.2. The highest BCUT2D eigenvalue weighted by atomic mass is 127. The molecule has 5 heteroatoms. The van der Waals surface area contributed by atoms with Crippen molar-refractivity contribution in [1.82, 2.24) is 5.32 Å². The molecule has 4 aromatic carbocycles. The van der Waals surface area contributed by atoms with Gasteiger partial charge in [0, 0.05) is 11.0 Å². The SMILES string of the molecule is CCS/C=C(\NC(=O)c1ccccc1)[P+](c1ccccc1)(c1ccccc1)c1ccccc1.I. The van der Waals surface area contributed by atoms with Crippen molar-refractivity contribution in [3.8, 4) is 0 Å². The number of carbonyl (C=O) groups is 1. The molecule has 4 rings (SSSR count). The largest absolute Gasteiger partial charge is 0.292 e. The first kappa shape index (κ1) is 26.2. The normalized spacial score (nSPS) is 11.4. The van der Waals surface area contributed by atoms with Gasteiger partial charge in [-0.2, -0.15) is 0 Å². The van der Waals surface area contributed by atoms with E-state index >= 15 is 0 Å². The highest BCUT2D eigenvalue weighted by Crippen LogP contribution is 2.61. The monoisotopic (exact) mass is 596 g/mol. The molecule has 34 heavy (non-hydrogen) atoms. The molecule has 1 N–H and O–H groups in total. The van der Waals surface area contributed by atoms with Crippen LogP contribution in [-0.2, 0) is 0 Å². The zero-order chi connectivity index (χ0) is 22.9. The van der Waals surface area contributed by atoms with Crippen LogP contribution in [0.1, 0.15) is 17.3 Å². The van der Waals surface area contributed by atoms with Gasteiger partial charge in [-0.1, -0.05) is 79.7 Å². The Labute approximate surface area is 224 Å². The topological polar surface area (TPSA) is 29.1 Å². The van der Waals surface area contributed by atoms with Crippen LogP contribution in [0.15, 0.2) is 132 Å². The molecule has 0 unspecified atom stereocenters. The summed E-state index contributed by atoms with van der Waals surface area (Å²) in [6.07, 6.45) is 0. The molecule has 172 valence electrons. The van der Waals surface area contributed by atoms with Gasteiger partial charge in [0.05, 0.1) is 0 Å². The Bertz CT molecular complexity index is 1110. The summed E-state index contributed by atoms with van der Waals surface area (Å²) >= 11 is 1.72. The molecule has 0 spiro atoms. The number of halogens is 1. The third-order valence-electron chi connectivity index (χ3n) is 5.43. The lowest BCUT2D eigenvalue weighted by Crippen LogP contribution is -2.38. The van der Waals surface area contributed by atoms with Crippen molar-refractivity contribution in [2.24, 2.45) is 0 Å². The van der Waals surface area contributed by atoms with Crippen molar-refractivity contribution in [2.45, 2.75) is 6.92 Å². The maximum Gasteiger partial charge on any atom is 0.258 e. The first-order valence-corrected chi connectivity index (χ1v) is 13.8. The number of rotatable bonds is 8. The Morgan fingerprint density at radius 3 is 1.47 bits per heavy atom. The number of benzene rings is 4. The highest BCUT2D eigenvalue weighted by Gasteiger charge is 2.50. The molecular weight excluding hydrogens is 568 g/mol. The summed E-state index contributed by atoms with van der Waals surface area (Å²) in [7, 11) is -2.36. The fraction of sp³-hybridized carbons (Fsp3) is 0.0690. The molecule has 1 amide bonds. The predicted octanol–water partition coefficient (Wildman–Crippen LogP) is 6.58. The van der Waals surface area contributed by atoms with Crippen molar-refractivity contribution in [1.29, 1.82) is 0 Å². The van der Waals surface area contributed by atoms with Gasteiger partial charge in [0.25, 0.3) is 5.91 Å². The minimum absolute atomic E-state index is 0. The van der Waals surface area contributed by atoms with Crippen LogP contribution in [0, 0.1) is 0 Å². The number of carbonyl (C=O) groups excluding carboxylic acids is 1. The summed E-state index contributed by atoms with van der Waals surface area (Å²) in [6.45, 7) is 2.13. The second-order valence-electron chi connectivity index (χ2n) is 7.46.